The SMILES string of the molecule is CCCCCCCC(NCC)c1ccc(OC2CC2)cc1. The monoisotopic (exact) mass is 289 g/mol. The van der Waals surface area contributed by atoms with E-state index in [2.05, 4.69) is 43.4 Å². The molecular weight excluding hydrogens is 258 g/mol. The molecule has 21 heavy (non-hydrogen) atoms. The van der Waals surface area contributed by atoms with Gasteiger partial charge in [-0.2, -0.15) is 0 Å². The van der Waals surface area contributed by atoms with Crippen molar-refractivity contribution in [3.63, 3.8) is 0 Å². The predicted octanol–water partition coefficient (Wildman–Crippen LogP) is 5.24. The summed E-state index contributed by atoms with van der Waals surface area (Å²) in [6.07, 6.45) is 10.9. The first-order chi connectivity index (χ1) is 10.3. The lowest BCUT2D eigenvalue weighted by atomic mass is 9.99. The number of rotatable bonds is 11. The maximum Gasteiger partial charge on any atom is 0.119 e. The highest BCUT2D eigenvalue weighted by Gasteiger charge is 2.23. The zero-order valence-electron chi connectivity index (χ0n) is 13.7. The molecule has 0 aliphatic heterocycles. The fourth-order valence-electron chi connectivity index (χ4n) is 2.74. The van der Waals surface area contributed by atoms with Crippen LogP contribution in [0.25, 0.3) is 0 Å². The molecule has 1 aromatic carbocycles. The third-order valence-electron chi connectivity index (χ3n) is 4.16. The number of ether oxygens (including phenoxy) is 1. The summed E-state index contributed by atoms with van der Waals surface area (Å²) in [5.41, 5.74) is 1.40. The lowest BCUT2D eigenvalue weighted by Gasteiger charge is -2.19. The number of nitrogens with one attached hydrogen (secondary N) is 1. The molecule has 1 aliphatic carbocycles. The number of hydrogen-bond acceptors (Lipinski definition) is 2. The van der Waals surface area contributed by atoms with Gasteiger partial charge in [-0.1, -0.05) is 58.1 Å². The van der Waals surface area contributed by atoms with Crippen molar-refractivity contribution in [3.8, 4) is 5.75 Å². The molecule has 0 saturated heterocycles. The Morgan fingerprint density at radius 1 is 1.05 bits per heavy atom. The fraction of sp³-hybridized carbons (Fsp3) is 0.684. The Bertz CT molecular complexity index is 383. The Morgan fingerprint density at radius 3 is 2.38 bits per heavy atom. The molecule has 0 amide bonds. The first-order valence-electron chi connectivity index (χ1n) is 8.83. The largest absolute Gasteiger partial charge is 0.490 e. The fourth-order valence-corrected chi connectivity index (χ4v) is 2.74. The minimum Gasteiger partial charge on any atom is -0.490 e. The second-order valence-corrected chi connectivity index (χ2v) is 6.20. The van der Waals surface area contributed by atoms with Crippen molar-refractivity contribution in [2.45, 2.75) is 77.4 Å². The van der Waals surface area contributed by atoms with Gasteiger partial charge in [0.2, 0.25) is 0 Å². The van der Waals surface area contributed by atoms with Crippen LogP contribution in [0.5, 0.6) is 5.75 Å². The van der Waals surface area contributed by atoms with Crippen molar-refractivity contribution in [3.05, 3.63) is 29.8 Å². The summed E-state index contributed by atoms with van der Waals surface area (Å²) in [7, 11) is 0. The second kappa shape index (κ2) is 9.09. The molecule has 2 rings (SSSR count). The quantitative estimate of drug-likeness (QED) is 0.563. The molecule has 1 aromatic rings. The lowest BCUT2D eigenvalue weighted by Crippen LogP contribution is -2.20. The van der Waals surface area contributed by atoms with Crippen molar-refractivity contribution in [1.29, 1.82) is 0 Å². The summed E-state index contributed by atoms with van der Waals surface area (Å²) in [5, 5.41) is 3.62. The topological polar surface area (TPSA) is 21.3 Å². The number of hydrogen-bond donors (Lipinski definition) is 1. The molecule has 0 bridgehead atoms. The van der Waals surface area contributed by atoms with Gasteiger partial charge in [0, 0.05) is 6.04 Å². The Balaban J connectivity index is 1.80. The van der Waals surface area contributed by atoms with Crippen LogP contribution in [0.4, 0.5) is 0 Å². The van der Waals surface area contributed by atoms with Crippen molar-refractivity contribution in [1.82, 2.24) is 5.32 Å². The molecule has 0 aromatic heterocycles. The lowest BCUT2D eigenvalue weighted by molar-refractivity contribution is 0.303. The molecule has 1 saturated carbocycles. The van der Waals surface area contributed by atoms with E-state index < -0.39 is 0 Å². The van der Waals surface area contributed by atoms with Crippen LogP contribution in [0.3, 0.4) is 0 Å². The third kappa shape index (κ3) is 6.09. The van der Waals surface area contributed by atoms with Crippen molar-refractivity contribution < 1.29 is 4.74 Å². The third-order valence-corrected chi connectivity index (χ3v) is 4.16. The summed E-state index contributed by atoms with van der Waals surface area (Å²) in [4.78, 5) is 0. The van der Waals surface area contributed by atoms with Gasteiger partial charge in [0.15, 0.2) is 0 Å². The zero-order valence-corrected chi connectivity index (χ0v) is 13.7. The molecule has 1 atom stereocenters. The van der Waals surface area contributed by atoms with E-state index in [4.69, 9.17) is 4.74 Å². The minimum absolute atomic E-state index is 0.485. The van der Waals surface area contributed by atoms with E-state index in [1.54, 1.807) is 0 Å². The maximum absolute atomic E-state index is 5.83. The molecule has 1 N–H and O–H groups in total. The van der Waals surface area contributed by atoms with Gasteiger partial charge >= 0.3 is 0 Å². The molecule has 0 heterocycles. The van der Waals surface area contributed by atoms with Gasteiger partial charge in [0.05, 0.1) is 6.10 Å². The molecular formula is C19H31NO. The van der Waals surface area contributed by atoms with Gasteiger partial charge in [0.1, 0.15) is 5.75 Å². The van der Waals surface area contributed by atoms with Crippen molar-refractivity contribution in [2.75, 3.05) is 6.54 Å². The van der Waals surface area contributed by atoms with E-state index in [-0.39, 0.29) is 0 Å². The molecule has 2 heteroatoms. The second-order valence-electron chi connectivity index (χ2n) is 6.20. The predicted molar refractivity (Wildman–Crippen MR) is 89.9 cm³/mol. The van der Waals surface area contributed by atoms with E-state index in [1.807, 2.05) is 0 Å². The number of unbranched alkanes of at least 4 members (excludes halogenated alkanes) is 4. The van der Waals surface area contributed by atoms with Crippen LogP contribution in [0, 0.1) is 0 Å². The van der Waals surface area contributed by atoms with E-state index >= 15 is 0 Å². The Morgan fingerprint density at radius 2 is 1.76 bits per heavy atom. The first kappa shape index (κ1) is 16.4. The van der Waals surface area contributed by atoms with Crippen molar-refractivity contribution in [2.24, 2.45) is 0 Å². The van der Waals surface area contributed by atoms with Crippen LogP contribution in [0.2, 0.25) is 0 Å². The smallest absolute Gasteiger partial charge is 0.119 e. The highest BCUT2D eigenvalue weighted by atomic mass is 16.5. The van der Waals surface area contributed by atoms with Gasteiger partial charge < -0.3 is 10.1 Å². The standard InChI is InChI=1S/C19H31NO/c1-3-5-6-7-8-9-19(20-4-2)16-10-12-17(13-11-16)21-18-14-15-18/h10-13,18-20H,3-9,14-15H2,1-2H3. The molecule has 1 fully saturated rings. The zero-order chi connectivity index (χ0) is 14.9. The van der Waals surface area contributed by atoms with E-state index in [9.17, 15) is 0 Å². The Hall–Kier alpha value is -1.02. The summed E-state index contributed by atoms with van der Waals surface area (Å²) in [6, 6.07) is 9.23. The summed E-state index contributed by atoms with van der Waals surface area (Å²) >= 11 is 0. The average molecular weight is 289 g/mol. The van der Waals surface area contributed by atoms with Crippen LogP contribution < -0.4 is 10.1 Å². The molecule has 0 spiro atoms. The van der Waals surface area contributed by atoms with Crippen LogP contribution in [0.1, 0.15) is 76.8 Å². The van der Waals surface area contributed by atoms with Crippen molar-refractivity contribution >= 4 is 0 Å². The Labute approximate surface area is 130 Å². The molecule has 1 unspecified atom stereocenters. The number of benzene rings is 1. The minimum atomic E-state index is 0.485. The van der Waals surface area contributed by atoms with E-state index in [1.165, 1.54) is 56.9 Å². The summed E-state index contributed by atoms with van der Waals surface area (Å²) in [6.45, 7) is 5.49. The molecule has 118 valence electrons. The average Bonchev–Trinajstić information content (AvgIpc) is 3.31. The normalized spacial score (nSPS) is 15.9. The van der Waals surface area contributed by atoms with Gasteiger partial charge in [-0.25, -0.2) is 0 Å². The van der Waals surface area contributed by atoms with Crippen LogP contribution in [-0.2, 0) is 0 Å². The summed E-state index contributed by atoms with van der Waals surface area (Å²) in [5.74, 6) is 1.03. The van der Waals surface area contributed by atoms with Gasteiger partial charge in [-0.15, -0.1) is 0 Å². The van der Waals surface area contributed by atoms with E-state index in [0.717, 1.165) is 12.3 Å². The Kier molecular flexibility index (Phi) is 7.08. The van der Waals surface area contributed by atoms with Gasteiger partial charge in [-0.05, 0) is 43.5 Å². The molecule has 1 aliphatic rings. The van der Waals surface area contributed by atoms with E-state index in [0.29, 0.717) is 12.1 Å². The first-order valence-corrected chi connectivity index (χ1v) is 8.83. The maximum atomic E-state index is 5.83. The molecule has 2 nitrogen and oxygen atoms in total. The van der Waals surface area contributed by atoms with Crippen LogP contribution >= 0.6 is 0 Å². The highest BCUT2D eigenvalue weighted by molar-refractivity contribution is 5.29. The van der Waals surface area contributed by atoms with Crippen LogP contribution in [0.15, 0.2) is 24.3 Å². The van der Waals surface area contributed by atoms with Crippen LogP contribution in [-0.4, -0.2) is 12.6 Å². The summed E-state index contributed by atoms with van der Waals surface area (Å²) < 4.78 is 5.83. The van der Waals surface area contributed by atoms with Gasteiger partial charge in [0.25, 0.3) is 0 Å². The molecule has 0 radical (unpaired) electrons. The van der Waals surface area contributed by atoms with Gasteiger partial charge in [-0.3, -0.25) is 0 Å². The highest BCUT2D eigenvalue weighted by Crippen LogP contribution is 2.28.